The van der Waals surface area contributed by atoms with Gasteiger partial charge in [0.25, 0.3) is 0 Å². The first kappa shape index (κ1) is 7.50. The summed E-state index contributed by atoms with van der Waals surface area (Å²) < 4.78 is 0. The first-order valence-electron chi connectivity index (χ1n) is 3.39. The van der Waals surface area contributed by atoms with Crippen LogP contribution in [-0.2, 0) is 4.79 Å². The Morgan fingerprint density at radius 1 is 1.80 bits per heavy atom. The average Bonchev–Trinajstić information content (AvgIpc) is 1.55. The van der Waals surface area contributed by atoms with Gasteiger partial charge in [0, 0.05) is 19.1 Å². The average molecular weight is 143 g/mol. The molecular weight excluding hydrogens is 130 g/mol. The minimum absolute atomic E-state index is 0.255. The normalized spacial score (nSPS) is 19.0. The molecular formula is C6H13N3O. The molecule has 1 saturated heterocycles. The molecule has 0 spiro atoms. The zero-order valence-corrected chi connectivity index (χ0v) is 6.13. The summed E-state index contributed by atoms with van der Waals surface area (Å²) in [6.45, 7) is 2.32. The third-order valence-electron chi connectivity index (χ3n) is 1.79. The third kappa shape index (κ3) is 1.68. The van der Waals surface area contributed by atoms with E-state index in [1.807, 2.05) is 11.9 Å². The van der Waals surface area contributed by atoms with E-state index in [0.29, 0.717) is 12.6 Å². The maximum absolute atomic E-state index is 10.4. The fourth-order valence-corrected chi connectivity index (χ4v) is 0.960. The predicted octanol–water partition coefficient (Wildman–Crippen LogP) is -1.62. The van der Waals surface area contributed by atoms with Crippen molar-refractivity contribution in [3.63, 3.8) is 0 Å². The zero-order chi connectivity index (χ0) is 7.56. The van der Waals surface area contributed by atoms with E-state index in [1.165, 1.54) is 0 Å². The summed E-state index contributed by atoms with van der Waals surface area (Å²) in [4.78, 5) is 12.4. The number of hydrogen-bond acceptors (Lipinski definition) is 3. The summed E-state index contributed by atoms with van der Waals surface area (Å²) in [5.74, 6) is -0.255. The van der Waals surface area contributed by atoms with Gasteiger partial charge in [0.2, 0.25) is 5.91 Å². The molecule has 4 heteroatoms. The summed E-state index contributed by atoms with van der Waals surface area (Å²) >= 11 is 0. The van der Waals surface area contributed by atoms with Crippen molar-refractivity contribution in [2.45, 2.75) is 6.04 Å². The van der Waals surface area contributed by atoms with Gasteiger partial charge in [-0.05, 0) is 7.05 Å². The van der Waals surface area contributed by atoms with E-state index in [4.69, 9.17) is 5.73 Å². The molecule has 1 aliphatic rings. The van der Waals surface area contributed by atoms with Crippen molar-refractivity contribution in [1.29, 1.82) is 0 Å². The molecule has 0 saturated carbocycles. The lowest BCUT2D eigenvalue weighted by Gasteiger charge is -2.34. The Hall–Kier alpha value is -0.610. The number of likely N-dealkylation sites (N-methyl/N-ethyl adjacent to an activating group) is 1. The fourth-order valence-electron chi connectivity index (χ4n) is 0.960. The molecule has 0 atom stereocenters. The SMILES string of the molecule is CN(CC(N)=O)C1CNC1. The van der Waals surface area contributed by atoms with Crippen LogP contribution in [0.1, 0.15) is 0 Å². The van der Waals surface area contributed by atoms with Crippen molar-refractivity contribution in [2.75, 3.05) is 26.7 Å². The minimum atomic E-state index is -0.255. The van der Waals surface area contributed by atoms with Gasteiger partial charge in [0.1, 0.15) is 0 Å². The first-order valence-corrected chi connectivity index (χ1v) is 3.39. The topological polar surface area (TPSA) is 58.4 Å². The molecule has 0 aliphatic carbocycles. The minimum Gasteiger partial charge on any atom is -0.369 e. The summed E-state index contributed by atoms with van der Waals surface area (Å²) in [5, 5.41) is 3.12. The van der Waals surface area contributed by atoms with E-state index in [1.54, 1.807) is 0 Å². The van der Waals surface area contributed by atoms with E-state index in [-0.39, 0.29) is 5.91 Å². The molecule has 1 amide bonds. The van der Waals surface area contributed by atoms with Crippen LogP contribution in [0.2, 0.25) is 0 Å². The molecule has 0 radical (unpaired) electrons. The number of amides is 1. The Kier molecular flexibility index (Phi) is 2.24. The maximum atomic E-state index is 10.4. The monoisotopic (exact) mass is 143 g/mol. The van der Waals surface area contributed by atoms with Crippen LogP contribution in [0.25, 0.3) is 0 Å². The Balaban J connectivity index is 2.19. The second kappa shape index (κ2) is 2.98. The van der Waals surface area contributed by atoms with E-state index in [0.717, 1.165) is 13.1 Å². The van der Waals surface area contributed by atoms with Gasteiger partial charge in [0.15, 0.2) is 0 Å². The van der Waals surface area contributed by atoms with Crippen LogP contribution in [0.3, 0.4) is 0 Å². The highest BCUT2D eigenvalue weighted by Crippen LogP contribution is 1.99. The molecule has 10 heavy (non-hydrogen) atoms. The molecule has 0 aromatic heterocycles. The van der Waals surface area contributed by atoms with Crippen molar-refractivity contribution < 1.29 is 4.79 Å². The second-order valence-electron chi connectivity index (χ2n) is 2.69. The van der Waals surface area contributed by atoms with Gasteiger partial charge in [-0.2, -0.15) is 0 Å². The highest BCUT2D eigenvalue weighted by Gasteiger charge is 2.21. The predicted molar refractivity (Wildman–Crippen MR) is 38.5 cm³/mol. The van der Waals surface area contributed by atoms with Crippen molar-refractivity contribution in [2.24, 2.45) is 5.73 Å². The van der Waals surface area contributed by atoms with E-state index >= 15 is 0 Å². The number of primary amides is 1. The lowest BCUT2D eigenvalue weighted by Crippen LogP contribution is -2.57. The van der Waals surface area contributed by atoms with Crippen molar-refractivity contribution in [1.82, 2.24) is 10.2 Å². The lowest BCUT2D eigenvalue weighted by atomic mass is 10.1. The summed E-state index contributed by atoms with van der Waals surface area (Å²) in [6.07, 6.45) is 0. The summed E-state index contributed by atoms with van der Waals surface area (Å²) in [7, 11) is 1.91. The Morgan fingerprint density at radius 2 is 2.40 bits per heavy atom. The number of carbonyl (C=O) groups excluding carboxylic acids is 1. The molecule has 0 aromatic rings. The first-order chi connectivity index (χ1) is 4.70. The molecule has 1 aliphatic heterocycles. The van der Waals surface area contributed by atoms with Crippen LogP contribution in [-0.4, -0.2) is 43.5 Å². The molecule has 1 heterocycles. The van der Waals surface area contributed by atoms with Crippen LogP contribution in [0.15, 0.2) is 0 Å². The summed E-state index contributed by atoms with van der Waals surface area (Å²) in [6, 6.07) is 0.507. The van der Waals surface area contributed by atoms with Crippen LogP contribution < -0.4 is 11.1 Å². The Labute approximate surface area is 60.4 Å². The fraction of sp³-hybridized carbons (Fsp3) is 0.833. The molecule has 1 rings (SSSR count). The molecule has 0 aromatic carbocycles. The van der Waals surface area contributed by atoms with Gasteiger partial charge < -0.3 is 11.1 Å². The van der Waals surface area contributed by atoms with Gasteiger partial charge in [0.05, 0.1) is 6.54 Å². The molecule has 1 fully saturated rings. The van der Waals surface area contributed by atoms with Crippen LogP contribution >= 0.6 is 0 Å². The molecule has 0 unspecified atom stereocenters. The zero-order valence-electron chi connectivity index (χ0n) is 6.13. The number of carbonyl (C=O) groups is 1. The third-order valence-corrected chi connectivity index (χ3v) is 1.79. The maximum Gasteiger partial charge on any atom is 0.231 e. The quantitative estimate of drug-likeness (QED) is 0.499. The number of nitrogens with zero attached hydrogens (tertiary/aromatic N) is 1. The second-order valence-corrected chi connectivity index (χ2v) is 2.69. The Morgan fingerprint density at radius 3 is 2.70 bits per heavy atom. The van der Waals surface area contributed by atoms with Gasteiger partial charge in [-0.15, -0.1) is 0 Å². The summed E-state index contributed by atoms with van der Waals surface area (Å²) in [5.41, 5.74) is 5.01. The number of nitrogens with one attached hydrogen (secondary N) is 1. The van der Waals surface area contributed by atoms with Gasteiger partial charge in [-0.25, -0.2) is 0 Å². The van der Waals surface area contributed by atoms with Crippen molar-refractivity contribution >= 4 is 5.91 Å². The molecule has 58 valence electrons. The highest BCUT2D eigenvalue weighted by atomic mass is 16.1. The number of rotatable bonds is 3. The van der Waals surface area contributed by atoms with Crippen molar-refractivity contribution in [3.05, 3.63) is 0 Å². The van der Waals surface area contributed by atoms with Crippen LogP contribution in [0.4, 0.5) is 0 Å². The largest absolute Gasteiger partial charge is 0.369 e. The molecule has 4 nitrogen and oxygen atoms in total. The smallest absolute Gasteiger partial charge is 0.231 e. The van der Waals surface area contributed by atoms with Gasteiger partial charge in [-0.3, -0.25) is 9.69 Å². The van der Waals surface area contributed by atoms with E-state index in [9.17, 15) is 4.79 Å². The van der Waals surface area contributed by atoms with Crippen molar-refractivity contribution in [3.8, 4) is 0 Å². The lowest BCUT2D eigenvalue weighted by molar-refractivity contribution is -0.119. The Bertz CT molecular complexity index is 133. The molecule has 3 N–H and O–H groups in total. The molecule has 0 bridgehead atoms. The number of hydrogen-bond donors (Lipinski definition) is 2. The standard InChI is InChI=1S/C6H13N3O/c1-9(4-6(7)10)5-2-8-3-5/h5,8H,2-4H2,1H3,(H2,7,10). The highest BCUT2D eigenvalue weighted by molar-refractivity contribution is 5.75. The van der Waals surface area contributed by atoms with E-state index < -0.39 is 0 Å². The van der Waals surface area contributed by atoms with Gasteiger partial charge >= 0.3 is 0 Å². The number of nitrogens with two attached hydrogens (primary N) is 1. The van der Waals surface area contributed by atoms with Crippen LogP contribution in [0.5, 0.6) is 0 Å². The van der Waals surface area contributed by atoms with E-state index in [2.05, 4.69) is 5.32 Å². The van der Waals surface area contributed by atoms with Crippen LogP contribution in [0, 0.1) is 0 Å². The van der Waals surface area contributed by atoms with Gasteiger partial charge in [-0.1, -0.05) is 0 Å².